The highest BCUT2D eigenvalue weighted by atomic mass is 127. The molecule has 5 rings (SSSR count). The average molecular weight is 692 g/mol. The number of benzene rings is 5. The Hall–Kier alpha value is -2.84. The van der Waals surface area contributed by atoms with Crippen LogP contribution in [-0.4, -0.2) is 0 Å². The second kappa shape index (κ2) is 11.0. The number of rotatable bonds is 6. The van der Waals surface area contributed by atoms with E-state index in [2.05, 4.69) is 190 Å². The number of anilines is 6. The van der Waals surface area contributed by atoms with E-state index in [0.29, 0.717) is 0 Å². The minimum Gasteiger partial charge on any atom is -0.310 e. The first-order valence-electron chi connectivity index (χ1n) is 11.8. The Balaban J connectivity index is 1.59. The highest BCUT2D eigenvalue weighted by Gasteiger charge is 2.16. The van der Waals surface area contributed by atoms with Crippen molar-refractivity contribution in [3.63, 3.8) is 0 Å². The fourth-order valence-corrected chi connectivity index (χ4v) is 5.32. The molecule has 5 aromatic rings. The topological polar surface area (TPSA) is 6.48 Å². The van der Waals surface area contributed by atoms with Crippen molar-refractivity contribution in [2.45, 2.75) is 13.8 Å². The minimum atomic E-state index is 1.12. The van der Waals surface area contributed by atoms with Gasteiger partial charge in [-0.05, 0) is 144 Å². The van der Waals surface area contributed by atoms with Crippen molar-refractivity contribution in [2.24, 2.45) is 0 Å². The van der Waals surface area contributed by atoms with Crippen LogP contribution < -0.4 is 9.80 Å². The summed E-state index contributed by atoms with van der Waals surface area (Å²) in [5.41, 5.74) is 9.32. The van der Waals surface area contributed by atoms with E-state index in [1.807, 2.05) is 0 Å². The molecule has 0 aromatic heterocycles. The molecule has 0 saturated carbocycles. The summed E-state index contributed by atoms with van der Waals surface area (Å²) >= 11 is 4.76. The normalized spacial score (nSPS) is 10.8. The molecule has 0 atom stereocenters. The van der Waals surface area contributed by atoms with Crippen molar-refractivity contribution < 1.29 is 0 Å². The van der Waals surface area contributed by atoms with Crippen LogP contribution in [0.2, 0.25) is 0 Å². The quantitative estimate of drug-likeness (QED) is 0.164. The lowest BCUT2D eigenvalue weighted by Crippen LogP contribution is -2.12. The molecule has 4 heteroatoms. The fraction of sp³-hybridized carbons (Fsp3) is 0.0625. The summed E-state index contributed by atoms with van der Waals surface area (Å²) < 4.78 is 2.42. The SMILES string of the molecule is Cc1ccc(N(c2ccc(N(c3ccc(C)cc3)c3cccc(I)c3)cc2)c2cccc(I)c2)cc1. The zero-order valence-electron chi connectivity index (χ0n) is 20.2. The highest BCUT2D eigenvalue weighted by molar-refractivity contribution is 14.1. The Labute approximate surface area is 240 Å². The Morgan fingerprint density at radius 2 is 0.694 bits per heavy atom. The molecular weight excluding hydrogens is 666 g/mol. The van der Waals surface area contributed by atoms with Crippen LogP contribution in [0.5, 0.6) is 0 Å². The lowest BCUT2D eigenvalue weighted by atomic mass is 10.1. The second-order valence-electron chi connectivity index (χ2n) is 8.82. The monoisotopic (exact) mass is 692 g/mol. The molecule has 0 saturated heterocycles. The fourth-order valence-electron chi connectivity index (χ4n) is 4.26. The van der Waals surface area contributed by atoms with Gasteiger partial charge < -0.3 is 9.80 Å². The standard InChI is InChI=1S/C32H26I2N2/c1-23-9-13-27(14-10-23)35(31-7-3-5-25(33)21-31)29-17-19-30(20-18-29)36(28-15-11-24(2)12-16-28)32-8-4-6-26(34)22-32/h3-22H,1-2H3. The zero-order valence-corrected chi connectivity index (χ0v) is 24.5. The van der Waals surface area contributed by atoms with Gasteiger partial charge in [0.1, 0.15) is 0 Å². The highest BCUT2D eigenvalue weighted by Crippen LogP contribution is 2.39. The molecule has 0 fully saturated rings. The number of hydrogen-bond acceptors (Lipinski definition) is 2. The smallest absolute Gasteiger partial charge is 0.0472 e. The molecule has 178 valence electrons. The van der Waals surface area contributed by atoms with Crippen LogP contribution in [0.1, 0.15) is 11.1 Å². The van der Waals surface area contributed by atoms with Crippen LogP contribution in [0.15, 0.2) is 121 Å². The van der Waals surface area contributed by atoms with Gasteiger partial charge in [0, 0.05) is 41.3 Å². The van der Waals surface area contributed by atoms with Crippen LogP contribution in [0, 0.1) is 21.0 Å². The molecule has 0 N–H and O–H groups in total. The summed E-state index contributed by atoms with van der Waals surface area (Å²) in [5, 5.41) is 0. The molecule has 0 heterocycles. The molecule has 0 amide bonds. The molecule has 0 aliphatic carbocycles. The molecule has 0 aliphatic rings. The van der Waals surface area contributed by atoms with Gasteiger partial charge in [-0.25, -0.2) is 0 Å². The minimum absolute atomic E-state index is 1.12. The van der Waals surface area contributed by atoms with Crippen LogP contribution in [0.3, 0.4) is 0 Å². The number of hydrogen-bond donors (Lipinski definition) is 0. The molecule has 36 heavy (non-hydrogen) atoms. The van der Waals surface area contributed by atoms with E-state index in [1.54, 1.807) is 0 Å². The van der Waals surface area contributed by atoms with Crippen molar-refractivity contribution in [1.29, 1.82) is 0 Å². The predicted octanol–water partition coefficient (Wildman–Crippen LogP) is 10.5. The van der Waals surface area contributed by atoms with E-state index in [1.165, 1.54) is 18.3 Å². The van der Waals surface area contributed by atoms with Crippen molar-refractivity contribution in [3.8, 4) is 0 Å². The summed E-state index contributed by atoms with van der Waals surface area (Å²) in [6.07, 6.45) is 0. The first kappa shape index (κ1) is 24.8. The van der Waals surface area contributed by atoms with E-state index in [0.717, 1.165) is 34.1 Å². The lowest BCUT2D eigenvalue weighted by molar-refractivity contribution is 1.25. The Bertz CT molecular complexity index is 1350. The summed E-state index contributed by atoms with van der Waals surface area (Å²) in [6, 6.07) is 43.5. The van der Waals surface area contributed by atoms with Crippen LogP contribution >= 0.6 is 45.2 Å². The lowest BCUT2D eigenvalue weighted by Gasteiger charge is -2.28. The van der Waals surface area contributed by atoms with E-state index < -0.39 is 0 Å². The van der Waals surface area contributed by atoms with Gasteiger partial charge in [-0.3, -0.25) is 0 Å². The maximum atomic E-state index is 2.38. The average Bonchev–Trinajstić information content (AvgIpc) is 2.88. The summed E-state index contributed by atoms with van der Waals surface area (Å²) in [7, 11) is 0. The largest absolute Gasteiger partial charge is 0.310 e. The van der Waals surface area contributed by atoms with E-state index in [4.69, 9.17) is 0 Å². The molecule has 0 bridgehead atoms. The van der Waals surface area contributed by atoms with Gasteiger partial charge in [0.25, 0.3) is 0 Å². The molecular formula is C32H26I2N2. The van der Waals surface area contributed by atoms with Gasteiger partial charge in [-0.2, -0.15) is 0 Å². The van der Waals surface area contributed by atoms with Gasteiger partial charge >= 0.3 is 0 Å². The van der Waals surface area contributed by atoms with Crippen molar-refractivity contribution in [3.05, 3.63) is 140 Å². The second-order valence-corrected chi connectivity index (χ2v) is 11.3. The van der Waals surface area contributed by atoms with Gasteiger partial charge in [0.15, 0.2) is 0 Å². The summed E-state index contributed by atoms with van der Waals surface area (Å²) in [6.45, 7) is 4.25. The van der Waals surface area contributed by atoms with Crippen molar-refractivity contribution in [2.75, 3.05) is 9.80 Å². The van der Waals surface area contributed by atoms with Crippen molar-refractivity contribution >= 4 is 79.3 Å². The van der Waals surface area contributed by atoms with Gasteiger partial charge in [-0.1, -0.05) is 47.5 Å². The molecule has 5 aromatic carbocycles. The van der Waals surface area contributed by atoms with Crippen molar-refractivity contribution in [1.82, 2.24) is 0 Å². The predicted molar refractivity (Wildman–Crippen MR) is 171 cm³/mol. The molecule has 0 unspecified atom stereocenters. The first-order chi connectivity index (χ1) is 17.5. The van der Waals surface area contributed by atoms with E-state index in [-0.39, 0.29) is 0 Å². The number of halogens is 2. The third kappa shape index (κ3) is 5.60. The van der Waals surface area contributed by atoms with E-state index in [9.17, 15) is 0 Å². The third-order valence-corrected chi connectivity index (χ3v) is 7.43. The number of aryl methyl sites for hydroxylation is 2. The van der Waals surface area contributed by atoms with Crippen LogP contribution in [-0.2, 0) is 0 Å². The molecule has 2 nitrogen and oxygen atoms in total. The van der Waals surface area contributed by atoms with Gasteiger partial charge in [0.05, 0.1) is 0 Å². The zero-order chi connectivity index (χ0) is 25.1. The Kier molecular flexibility index (Phi) is 7.62. The third-order valence-electron chi connectivity index (χ3n) is 6.08. The Morgan fingerprint density at radius 1 is 0.389 bits per heavy atom. The first-order valence-corrected chi connectivity index (χ1v) is 14.0. The molecule has 0 spiro atoms. The van der Waals surface area contributed by atoms with Crippen LogP contribution in [0.25, 0.3) is 0 Å². The molecule has 0 aliphatic heterocycles. The van der Waals surface area contributed by atoms with Gasteiger partial charge in [0.2, 0.25) is 0 Å². The van der Waals surface area contributed by atoms with E-state index >= 15 is 0 Å². The summed E-state index contributed by atoms with van der Waals surface area (Å²) in [5.74, 6) is 0. The number of nitrogens with zero attached hydrogens (tertiary/aromatic N) is 2. The van der Waals surface area contributed by atoms with Gasteiger partial charge in [-0.15, -0.1) is 0 Å². The molecule has 0 radical (unpaired) electrons. The maximum absolute atomic E-state index is 2.38. The summed E-state index contributed by atoms with van der Waals surface area (Å²) in [4.78, 5) is 4.63. The maximum Gasteiger partial charge on any atom is 0.0472 e. The van der Waals surface area contributed by atoms with Crippen LogP contribution in [0.4, 0.5) is 34.1 Å². The Morgan fingerprint density at radius 3 is 1.00 bits per heavy atom.